The van der Waals surface area contributed by atoms with Gasteiger partial charge in [0, 0.05) is 16.6 Å². The van der Waals surface area contributed by atoms with Crippen LogP contribution < -0.4 is 5.32 Å². The fourth-order valence-electron chi connectivity index (χ4n) is 2.75. The Kier molecular flexibility index (Phi) is 5.00. The maximum absolute atomic E-state index is 14.0. The molecule has 20 heavy (non-hydrogen) atoms. The van der Waals surface area contributed by atoms with Gasteiger partial charge in [-0.3, -0.25) is 9.69 Å². The van der Waals surface area contributed by atoms with Crippen molar-refractivity contribution in [1.29, 1.82) is 0 Å². The number of halogens is 2. The summed E-state index contributed by atoms with van der Waals surface area (Å²) >= 11 is 6.08. The highest BCUT2D eigenvalue weighted by Crippen LogP contribution is 2.29. The molecule has 3 nitrogen and oxygen atoms in total. The lowest BCUT2D eigenvalue weighted by Gasteiger charge is -2.26. The molecule has 1 N–H and O–H groups in total. The van der Waals surface area contributed by atoms with E-state index in [1.807, 2.05) is 0 Å². The van der Waals surface area contributed by atoms with E-state index in [9.17, 15) is 9.18 Å². The Balaban J connectivity index is 2.24. The first-order valence-electron chi connectivity index (χ1n) is 6.91. The summed E-state index contributed by atoms with van der Waals surface area (Å²) in [4.78, 5) is 14.2. The lowest BCUT2D eigenvalue weighted by Crippen LogP contribution is -2.41. The number of carbonyl (C=O) groups is 1. The lowest BCUT2D eigenvalue weighted by atomic mass is 10.0. The van der Waals surface area contributed by atoms with E-state index in [2.05, 4.69) is 5.32 Å². The number of amides is 1. The van der Waals surface area contributed by atoms with Crippen molar-refractivity contribution in [2.24, 2.45) is 0 Å². The molecule has 0 aliphatic heterocycles. The van der Waals surface area contributed by atoms with Crippen LogP contribution in [0.5, 0.6) is 0 Å². The van der Waals surface area contributed by atoms with Crippen molar-refractivity contribution in [2.45, 2.75) is 37.8 Å². The summed E-state index contributed by atoms with van der Waals surface area (Å²) in [5.41, 5.74) is 0.245. The van der Waals surface area contributed by atoms with Crippen LogP contribution in [0, 0.1) is 5.82 Å². The van der Waals surface area contributed by atoms with Gasteiger partial charge in [-0.05, 0) is 39.1 Å². The molecular weight excluding hydrogens is 279 g/mol. The van der Waals surface area contributed by atoms with Gasteiger partial charge >= 0.3 is 0 Å². The second-order valence-corrected chi connectivity index (χ2v) is 5.90. The van der Waals surface area contributed by atoms with E-state index in [0.717, 1.165) is 25.7 Å². The molecule has 1 atom stereocenters. The maximum atomic E-state index is 14.0. The van der Waals surface area contributed by atoms with Gasteiger partial charge in [0.15, 0.2) is 0 Å². The Labute approximate surface area is 124 Å². The average Bonchev–Trinajstić information content (AvgIpc) is 2.86. The van der Waals surface area contributed by atoms with Gasteiger partial charge in [0.2, 0.25) is 5.91 Å². The van der Waals surface area contributed by atoms with Crippen LogP contribution in [0.1, 0.15) is 37.3 Å². The fourth-order valence-corrected chi connectivity index (χ4v) is 3.01. The molecule has 0 spiro atoms. The van der Waals surface area contributed by atoms with Gasteiger partial charge in [-0.2, -0.15) is 0 Å². The monoisotopic (exact) mass is 298 g/mol. The van der Waals surface area contributed by atoms with E-state index in [4.69, 9.17) is 11.6 Å². The molecule has 1 aromatic rings. The minimum Gasteiger partial charge on any atom is -0.352 e. The van der Waals surface area contributed by atoms with Gasteiger partial charge < -0.3 is 5.32 Å². The highest BCUT2D eigenvalue weighted by Gasteiger charge is 2.30. The normalized spacial score (nSPS) is 17.4. The standard InChI is InChI=1S/C15H20ClFN2O/c1-19(2)14(13-11(16)8-5-9-12(13)17)15(20)18-10-6-3-4-7-10/h5,8-10,14H,3-4,6-7H2,1-2H3,(H,18,20)/t14-/m1/s1. The number of hydrogen-bond donors (Lipinski definition) is 1. The smallest absolute Gasteiger partial charge is 0.242 e. The first-order valence-corrected chi connectivity index (χ1v) is 7.29. The zero-order chi connectivity index (χ0) is 14.7. The van der Waals surface area contributed by atoms with Gasteiger partial charge in [0.05, 0.1) is 0 Å². The van der Waals surface area contributed by atoms with Crippen LogP contribution in [-0.4, -0.2) is 30.9 Å². The topological polar surface area (TPSA) is 32.3 Å². The summed E-state index contributed by atoms with van der Waals surface area (Å²) in [5, 5.41) is 3.29. The lowest BCUT2D eigenvalue weighted by molar-refractivity contribution is -0.126. The van der Waals surface area contributed by atoms with Gasteiger partial charge in [-0.1, -0.05) is 30.5 Å². The Bertz CT molecular complexity index is 467. The zero-order valence-electron chi connectivity index (χ0n) is 11.8. The van der Waals surface area contributed by atoms with Crippen molar-refractivity contribution < 1.29 is 9.18 Å². The van der Waals surface area contributed by atoms with E-state index in [0.29, 0.717) is 0 Å². The van der Waals surface area contributed by atoms with Gasteiger partial charge in [-0.25, -0.2) is 4.39 Å². The number of rotatable bonds is 4. The number of carbonyl (C=O) groups excluding carboxylic acids is 1. The molecule has 1 saturated carbocycles. The molecule has 0 bridgehead atoms. The zero-order valence-corrected chi connectivity index (χ0v) is 12.6. The molecule has 0 aromatic heterocycles. The minimum absolute atomic E-state index is 0.186. The minimum atomic E-state index is -0.704. The number of likely N-dealkylation sites (N-methyl/N-ethyl adjacent to an activating group) is 1. The van der Waals surface area contributed by atoms with Gasteiger partial charge in [0.1, 0.15) is 11.9 Å². The van der Waals surface area contributed by atoms with E-state index < -0.39 is 11.9 Å². The average molecular weight is 299 g/mol. The quantitative estimate of drug-likeness (QED) is 0.926. The van der Waals surface area contributed by atoms with Crippen LogP contribution in [0.3, 0.4) is 0 Å². The molecular formula is C15H20ClFN2O. The van der Waals surface area contributed by atoms with Gasteiger partial charge in [0.25, 0.3) is 0 Å². The second-order valence-electron chi connectivity index (χ2n) is 5.49. The third-order valence-corrected chi connectivity index (χ3v) is 4.07. The van der Waals surface area contributed by atoms with E-state index in [-0.39, 0.29) is 22.5 Å². The molecule has 0 radical (unpaired) electrons. The summed E-state index contributed by atoms with van der Waals surface area (Å²) in [5.74, 6) is -0.633. The van der Waals surface area contributed by atoms with E-state index >= 15 is 0 Å². The van der Waals surface area contributed by atoms with Crippen molar-refractivity contribution >= 4 is 17.5 Å². The first-order chi connectivity index (χ1) is 9.50. The third kappa shape index (κ3) is 3.30. The summed E-state index contributed by atoms with van der Waals surface area (Å²) in [6.07, 6.45) is 4.27. The van der Waals surface area contributed by atoms with Crippen molar-refractivity contribution in [3.8, 4) is 0 Å². The fraction of sp³-hybridized carbons (Fsp3) is 0.533. The predicted octanol–water partition coefficient (Wildman–Crippen LogP) is 3.14. The highest BCUT2D eigenvalue weighted by atomic mass is 35.5. The summed E-state index contributed by atoms with van der Waals surface area (Å²) in [7, 11) is 3.50. The molecule has 1 fully saturated rings. The Hall–Kier alpha value is -1.13. The van der Waals surface area contributed by atoms with Crippen LogP contribution in [0.2, 0.25) is 5.02 Å². The molecule has 1 aromatic carbocycles. The second kappa shape index (κ2) is 6.55. The van der Waals surface area contributed by atoms with Crippen molar-refractivity contribution in [3.05, 3.63) is 34.6 Å². The Morgan fingerprint density at radius 1 is 1.40 bits per heavy atom. The maximum Gasteiger partial charge on any atom is 0.242 e. The van der Waals surface area contributed by atoms with Crippen molar-refractivity contribution in [3.63, 3.8) is 0 Å². The van der Waals surface area contributed by atoms with Crippen LogP contribution >= 0.6 is 11.6 Å². The molecule has 0 unspecified atom stereocenters. The Morgan fingerprint density at radius 3 is 2.60 bits per heavy atom. The molecule has 2 rings (SSSR count). The first kappa shape index (κ1) is 15.3. The van der Waals surface area contributed by atoms with Gasteiger partial charge in [-0.15, -0.1) is 0 Å². The van der Waals surface area contributed by atoms with Crippen molar-refractivity contribution in [2.75, 3.05) is 14.1 Å². The van der Waals surface area contributed by atoms with Crippen LogP contribution in [0.15, 0.2) is 18.2 Å². The van der Waals surface area contributed by atoms with Crippen LogP contribution in [-0.2, 0) is 4.79 Å². The highest BCUT2D eigenvalue weighted by molar-refractivity contribution is 6.31. The molecule has 0 saturated heterocycles. The van der Waals surface area contributed by atoms with Crippen molar-refractivity contribution in [1.82, 2.24) is 10.2 Å². The molecule has 1 aliphatic carbocycles. The van der Waals surface area contributed by atoms with Crippen LogP contribution in [0.4, 0.5) is 4.39 Å². The molecule has 1 aliphatic rings. The summed E-state index contributed by atoms with van der Waals surface area (Å²) in [6, 6.07) is 3.99. The summed E-state index contributed by atoms with van der Waals surface area (Å²) < 4.78 is 14.0. The number of nitrogens with zero attached hydrogens (tertiary/aromatic N) is 1. The van der Waals surface area contributed by atoms with E-state index in [1.54, 1.807) is 31.1 Å². The number of hydrogen-bond acceptors (Lipinski definition) is 2. The molecule has 1 amide bonds. The third-order valence-electron chi connectivity index (χ3n) is 3.74. The Morgan fingerprint density at radius 2 is 2.05 bits per heavy atom. The predicted molar refractivity (Wildman–Crippen MR) is 78.2 cm³/mol. The number of benzene rings is 1. The number of nitrogens with one attached hydrogen (secondary N) is 1. The van der Waals surface area contributed by atoms with Crippen LogP contribution in [0.25, 0.3) is 0 Å². The summed E-state index contributed by atoms with van der Waals surface area (Å²) in [6.45, 7) is 0. The SMILES string of the molecule is CN(C)[C@@H](C(=O)NC1CCCC1)c1c(F)cccc1Cl. The molecule has 110 valence electrons. The van der Waals surface area contributed by atoms with E-state index in [1.165, 1.54) is 6.07 Å². The largest absolute Gasteiger partial charge is 0.352 e. The molecule has 5 heteroatoms. The molecule has 0 heterocycles.